The first-order valence-electron chi connectivity index (χ1n) is 5.72. The van der Waals surface area contributed by atoms with E-state index in [1.165, 1.54) is 30.3 Å². The summed E-state index contributed by atoms with van der Waals surface area (Å²) < 4.78 is 6.10. The van der Waals surface area contributed by atoms with Crippen molar-refractivity contribution in [1.29, 1.82) is 5.26 Å². The van der Waals surface area contributed by atoms with E-state index in [1.807, 2.05) is 22.6 Å². The number of nitriles is 1. The molecule has 0 heterocycles. The lowest BCUT2D eigenvalue weighted by atomic mass is 10.2. The van der Waals surface area contributed by atoms with E-state index in [0.717, 1.165) is 6.07 Å². The van der Waals surface area contributed by atoms with E-state index in [0.29, 0.717) is 3.57 Å². The Bertz CT molecular complexity index is 816. The van der Waals surface area contributed by atoms with Gasteiger partial charge in [0.2, 0.25) is 0 Å². The summed E-state index contributed by atoms with van der Waals surface area (Å²) in [5.41, 5.74) is -0.426. The third-order valence-corrected chi connectivity index (χ3v) is 3.53. The number of hydrogen-bond donors (Lipinski definition) is 0. The van der Waals surface area contributed by atoms with Crippen molar-refractivity contribution in [1.82, 2.24) is 0 Å². The van der Waals surface area contributed by atoms with Crippen LogP contribution in [0.4, 0.5) is 11.4 Å². The first-order valence-corrected chi connectivity index (χ1v) is 6.80. The molecule has 0 unspecified atom stereocenters. The number of nitro groups is 2. The predicted molar refractivity (Wildman–Crippen MR) is 83.7 cm³/mol. The van der Waals surface area contributed by atoms with Crippen molar-refractivity contribution in [2.75, 3.05) is 0 Å². The molecule has 8 nitrogen and oxygen atoms in total. The van der Waals surface area contributed by atoms with Gasteiger partial charge in [0, 0.05) is 18.2 Å². The van der Waals surface area contributed by atoms with Gasteiger partial charge in [-0.25, -0.2) is 0 Å². The maximum atomic E-state index is 10.8. The van der Waals surface area contributed by atoms with Crippen molar-refractivity contribution in [3.63, 3.8) is 0 Å². The van der Waals surface area contributed by atoms with Crippen LogP contribution in [0.2, 0.25) is 0 Å². The highest BCUT2D eigenvalue weighted by Crippen LogP contribution is 2.33. The van der Waals surface area contributed by atoms with Gasteiger partial charge in [0.15, 0.2) is 0 Å². The molecule has 0 saturated heterocycles. The van der Waals surface area contributed by atoms with E-state index in [2.05, 4.69) is 0 Å². The van der Waals surface area contributed by atoms with Crippen molar-refractivity contribution in [3.05, 3.63) is 65.8 Å². The first kappa shape index (κ1) is 15.6. The molecule has 0 fully saturated rings. The van der Waals surface area contributed by atoms with Crippen LogP contribution in [-0.2, 0) is 0 Å². The Morgan fingerprint density at radius 2 is 1.59 bits per heavy atom. The Morgan fingerprint density at radius 3 is 2.18 bits per heavy atom. The standard InChI is InChI=1S/C13H6IN3O5/c14-11-3-1-10(17(20)21)6-13(11)22-12-4-2-9(16(18)19)5-8(12)7-15/h1-6H. The highest BCUT2D eigenvalue weighted by molar-refractivity contribution is 14.1. The topological polar surface area (TPSA) is 119 Å². The molecule has 0 spiro atoms. The van der Waals surface area contributed by atoms with Crippen LogP contribution in [0.1, 0.15) is 5.56 Å². The number of rotatable bonds is 4. The van der Waals surface area contributed by atoms with Gasteiger partial charge in [-0.15, -0.1) is 0 Å². The molecule has 0 aliphatic rings. The van der Waals surface area contributed by atoms with E-state index in [-0.39, 0.29) is 28.4 Å². The molecule has 0 N–H and O–H groups in total. The summed E-state index contributed by atoms with van der Waals surface area (Å²) in [6.07, 6.45) is 0. The van der Waals surface area contributed by atoms with E-state index in [9.17, 15) is 20.2 Å². The summed E-state index contributed by atoms with van der Waals surface area (Å²) in [6.45, 7) is 0. The zero-order valence-corrected chi connectivity index (χ0v) is 12.9. The smallest absolute Gasteiger partial charge is 0.273 e. The van der Waals surface area contributed by atoms with Gasteiger partial charge in [-0.2, -0.15) is 5.26 Å². The van der Waals surface area contributed by atoms with Crippen molar-refractivity contribution < 1.29 is 14.6 Å². The summed E-state index contributed by atoms with van der Waals surface area (Å²) >= 11 is 1.93. The second kappa shape index (κ2) is 6.35. The van der Waals surface area contributed by atoms with Gasteiger partial charge in [-0.05, 0) is 34.7 Å². The number of halogens is 1. The normalized spacial score (nSPS) is 9.82. The molecule has 0 amide bonds. The third-order valence-electron chi connectivity index (χ3n) is 2.64. The highest BCUT2D eigenvalue weighted by Gasteiger charge is 2.15. The molecule has 0 aromatic heterocycles. The maximum Gasteiger partial charge on any atom is 0.273 e. The van der Waals surface area contributed by atoms with Crippen LogP contribution < -0.4 is 4.74 Å². The summed E-state index contributed by atoms with van der Waals surface area (Å²) in [6, 6.07) is 9.42. The van der Waals surface area contributed by atoms with Gasteiger partial charge in [0.25, 0.3) is 11.4 Å². The molecule has 110 valence electrons. The van der Waals surface area contributed by atoms with Gasteiger partial charge < -0.3 is 4.74 Å². The van der Waals surface area contributed by atoms with Crippen LogP contribution in [0.3, 0.4) is 0 Å². The second-order valence-corrected chi connectivity index (χ2v) is 5.19. The third kappa shape index (κ3) is 3.29. The van der Waals surface area contributed by atoms with Crippen LogP contribution in [0.15, 0.2) is 36.4 Å². The zero-order chi connectivity index (χ0) is 16.3. The average Bonchev–Trinajstić information content (AvgIpc) is 2.49. The Balaban J connectivity index is 2.43. The summed E-state index contributed by atoms with van der Waals surface area (Å²) in [5, 5.41) is 30.5. The predicted octanol–water partition coefficient (Wildman–Crippen LogP) is 3.77. The lowest BCUT2D eigenvalue weighted by molar-refractivity contribution is -0.385. The quantitative estimate of drug-likeness (QED) is 0.429. The van der Waals surface area contributed by atoms with E-state index in [1.54, 1.807) is 6.07 Å². The van der Waals surface area contributed by atoms with Crippen molar-refractivity contribution in [3.8, 4) is 17.6 Å². The number of nitrogens with zero attached hydrogens (tertiary/aromatic N) is 3. The molecule has 22 heavy (non-hydrogen) atoms. The molecule has 0 atom stereocenters. The van der Waals surface area contributed by atoms with Gasteiger partial charge >= 0.3 is 0 Å². The van der Waals surface area contributed by atoms with Gasteiger partial charge in [0.1, 0.15) is 23.1 Å². The Morgan fingerprint density at radius 1 is 1.00 bits per heavy atom. The average molecular weight is 411 g/mol. The fourth-order valence-corrected chi connectivity index (χ4v) is 2.06. The first-order chi connectivity index (χ1) is 10.4. The monoisotopic (exact) mass is 411 g/mol. The molecule has 0 aliphatic carbocycles. The van der Waals surface area contributed by atoms with Gasteiger partial charge in [0.05, 0.1) is 19.5 Å². The minimum Gasteiger partial charge on any atom is -0.455 e. The van der Waals surface area contributed by atoms with Crippen LogP contribution in [0, 0.1) is 35.1 Å². The van der Waals surface area contributed by atoms with E-state index < -0.39 is 9.85 Å². The van der Waals surface area contributed by atoms with E-state index >= 15 is 0 Å². The minimum absolute atomic E-state index is 0.0310. The highest BCUT2D eigenvalue weighted by atomic mass is 127. The second-order valence-electron chi connectivity index (χ2n) is 4.02. The zero-order valence-electron chi connectivity index (χ0n) is 10.7. The molecule has 2 rings (SSSR count). The van der Waals surface area contributed by atoms with Crippen molar-refractivity contribution in [2.24, 2.45) is 0 Å². The van der Waals surface area contributed by atoms with Crippen molar-refractivity contribution >= 4 is 34.0 Å². The molecule has 9 heteroatoms. The Labute approximate surface area is 137 Å². The molecular weight excluding hydrogens is 405 g/mol. The fourth-order valence-electron chi connectivity index (χ4n) is 1.61. The molecular formula is C13H6IN3O5. The molecule has 0 radical (unpaired) electrons. The largest absolute Gasteiger partial charge is 0.455 e. The van der Waals surface area contributed by atoms with Crippen LogP contribution in [0.25, 0.3) is 0 Å². The number of ether oxygens (including phenoxy) is 1. The molecule has 0 saturated carbocycles. The molecule has 0 bridgehead atoms. The SMILES string of the molecule is N#Cc1cc([N+](=O)[O-])ccc1Oc1cc([N+](=O)[O-])ccc1I. The number of hydrogen-bond acceptors (Lipinski definition) is 6. The fraction of sp³-hybridized carbons (Fsp3) is 0. The summed E-state index contributed by atoms with van der Waals surface area (Å²) in [7, 11) is 0. The van der Waals surface area contributed by atoms with Crippen LogP contribution >= 0.6 is 22.6 Å². The Kier molecular flexibility index (Phi) is 4.52. The number of non-ortho nitro benzene ring substituents is 2. The van der Waals surface area contributed by atoms with Gasteiger partial charge in [-0.1, -0.05) is 0 Å². The lowest BCUT2D eigenvalue weighted by Gasteiger charge is -2.09. The van der Waals surface area contributed by atoms with Crippen LogP contribution in [-0.4, -0.2) is 9.85 Å². The minimum atomic E-state index is -0.623. The Hall–Kier alpha value is -2.74. The summed E-state index contributed by atoms with van der Waals surface area (Å²) in [4.78, 5) is 20.3. The number of nitro benzene ring substituents is 2. The lowest BCUT2D eigenvalue weighted by Crippen LogP contribution is -1.95. The van der Waals surface area contributed by atoms with E-state index in [4.69, 9.17) is 10.00 Å². The molecule has 2 aromatic rings. The van der Waals surface area contributed by atoms with Crippen LogP contribution in [0.5, 0.6) is 11.5 Å². The maximum absolute atomic E-state index is 10.8. The van der Waals surface area contributed by atoms with Gasteiger partial charge in [-0.3, -0.25) is 20.2 Å². The summed E-state index contributed by atoms with van der Waals surface area (Å²) in [5.74, 6) is 0.284. The molecule has 0 aliphatic heterocycles. The van der Waals surface area contributed by atoms with Crippen molar-refractivity contribution in [2.45, 2.75) is 0 Å². The molecule has 2 aromatic carbocycles. The number of benzene rings is 2.